The molecule has 0 aromatic carbocycles. The number of likely N-dealkylation sites (tertiary alicyclic amines) is 1. The molecule has 0 N–H and O–H groups in total. The smallest absolute Gasteiger partial charge is 0.113 e. The minimum atomic E-state index is 0.597. The van der Waals surface area contributed by atoms with E-state index in [1.807, 2.05) is 11.3 Å². The Bertz CT molecular complexity index is 570. The molecule has 0 aliphatic carbocycles. The minimum Gasteiger partial charge on any atom is -0.337 e. The van der Waals surface area contributed by atoms with Crippen LogP contribution < -0.4 is 0 Å². The van der Waals surface area contributed by atoms with E-state index in [1.165, 1.54) is 28.5 Å². The zero-order valence-corrected chi connectivity index (χ0v) is 12.7. The number of nitrogens with zero attached hydrogens (tertiary/aromatic N) is 3. The van der Waals surface area contributed by atoms with Crippen LogP contribution in [0.1, 0.15) is 33.6 Å². The first-order valence-corrected chi connectivity index (χ1v) is 7.71. The van der Waals surface area contributed by atoms with Crippen molar-refractivity contribution in [2.45, 2.75) is 32.7 Å². The summed E-state index contributed by atoms with van der Waals surface area (Å²) in [5.74, 6) is 1.85. The van der Waals surface area contributed by atoms with Gasteiger partial charge in [0.15, 0.2) is 0 Å². The molecule has 1 aliphatic rings. The van der Waals surface area contributed by atoms with Crippen molar-refractivity contribution in [1.29, 1.82) is 0 Å². The number of hydrogen-bond donors (Lipinski definition) is 0. The first-order valence-electron chi connectivity index (χ1n) is 6.89. The Morgan fingerprint density at radius 3 is 2.84 bits per heavy atom. The van der Waals surface area contributed by atoms with Gasteiger partial charge in [0.2, 0.25) is 0 Å². The standard InChI is InChI=1S/C15H21N3S/c1-11-8-17(3)15(16-11)13-6-7-18(9-13)10-14-5-4-12(2)19-14/h4-5,8,13H,6-7,9-10H2,1-3H3/t13-/m1/s1. The van der Waals surface area contributed by atoms with Crippen LogP contribution in [-0.2, 0) is 13.6 Å². The molecule has 102 valence electrons. The molecule has 0 unspecified atom stereocenters. The fourth-order valence-electron chi connectivity index (χ4n) is 2.99. The molecule has 0 spiro atoms. The highest BCUT2D eigenvalue weighted by Crippen LogP contribution is 2.28. The average Bonchev–Trinajstić information content (AvgIpc) is 3.02. The van der Waals surface area contributed by atoms with Crippen LogP contribution in [0.2, 0.25) is 0 Å². The Balaban J connectivity index is 1.65. The van der Waals surface area contributed by atoms with Gasteiger partial charge in [-0.3, -0.25) is 4.90 Å². The summed E-state index contributed by atoms with van der Waals surface area (Å²) in [6, 6.07) is 4.48. The van der Waals surface area contributed by atoms with E-state index in [0.29, 0.717) is 5.92 Å². The number of aromatic nitrogens is 2. The highest BCUT2D eigenvalue weighted by Gasteiger charge is 2.27. The molecule has 0 amide bonds. The maximum atomic E-state index is 4.68. The van der Waals surface area contributed by atoms with Gasteiger partial charge in [-0.1, -0.05) is 0 Å². The molecule has 1 fully saturated rings. The van der Waals surface area contributed by atoms with Crippen molar-refractivity contribution in [2.75, 3.05) is 13.1 Å². The van der Waals surface area contributed by atoms with Gasteiger partial charge in [0.25, 0.3) is 0 Å². The maximum absolute atomic E-state index is 4.68. The normalized spacial score (nSPS) is 20.3. The summed E-state index contributed by atoms with van der Waals surface area (Å²) in [7, 11) is 2.11. The maximum Gasteiger partial charge on any atom is 0.113 e. The second-order valence-electron chi connectivity index (χ2n) is 5.58. The van der Waals surface area contributed by atoms with Crippen molar-refractivity contribution >= 4 is 11.3 Å². The summed E-state index contributed by atoms with van der Waals surface area (Å²) >= 11 is 1.92. The van der Waals surface area contributed by atoms with Gasteiger partial charge in [-0.2, -0.15) is 0 Å². The lowest BCUT2D eigenvalue weighted by atomic mass is 10.1. The third-order valence-electron chi connectivity index (χ3n) is 3.85. The number of hydrogen-bond acceptors (Lipinski definition) is 3. The molecule has 1 saturated heterocycles. The highest BCUT2D eigenvalue weighted by molar-refractivity contribution is 7.11. The van der Waals surface area contributed by atoms with Crippen molar-refractivity contribution in [3.63, 3.8) is 0 Å². The van der Waals surface area contributed by atoms with Crippen LogP contribution in [0.5, 0.6) is 0 Å². The number of imidazole rings is 1. The van der Waals surface area contributed by atoms with Crippen molar-refractivity contribution in [3.05, 3.63) is 39.6 Å². The van der Waals surface area contributed by atoms with Gasteiger partial charge in [-0.15, -0.1) is 11.3 Å². The van der Waals surface area contributed by atoms with Crippen LogP contribution in [-0.4, -0.2) is 27.5 Å². The van der Waals surface area contributed by atoms with E-state index in [0.717, 1.165) is 18.8 Å². The molecule has 2 aromatic rings. The summed E-state index contributed by atoms with van der Waals surface area (Å²) in [4.78, 5) is 10.1. The predicted molar refractivity (Wildman–Crippen MR) is 79.6 cm³/mol. The Kier molecular flexibility index (Phi) is 3.46. The van der Waals surface area contributed by atoms with Crippen LogP contribution in [0.4, 0.5) is 0 Å². The molecule has 4 heteroatoms. The second kappa shape index (κ2) is 5.10. The molecule has 3 rings (SSSR count). The Hall–Kier alpha value is -1.13. The van der Waals surface area contributed by atoms with Crippen LogP contribution in [0, 0.1) is 13.8 Å². The quantitative estimate of drug-likeness (QED) is 0.858. The van der Waals surface area contributed by atoms with E-state index in [1.54, 1.807) is 0 Å². The number of rotatable bonds is 3. The molecule has 0 bridgehead atoms. The van der Waals surface area contributed by atoms with Crippen LogP contribution in [0.25, 0.3) is 0 Å². The van der Waals surface area contributed by atoms with E-state index in [9.17, 15) is 0 Å². The Labute approximate surface area is 118 Å². The predicted octanol–water partition coefficient (Wildman–Crippen LogP) is 3.09. The Morgan fingerprint density at radius 1 is 1.37 bits per heavy atom. The first-order chi connectivity index (χ1) is 9.11. The lowest BCUT2D eigenvalue weighted by molar-refractivity contribution is 0.328. The van der Waals surface area contributed by atoms with E-state index in [-0.39, 0.29) is 0 Å². The highest BCUT2D eigenvalue weighted by atomic mass is 32.1. The third-order valence-corrected chi connectivity index (χ3v) is 4.83. The first kappa shape index (κ1) is 12.9. The number of aryl methyl sites for hydroxylation is 3. The van der Waals surface area contributed by atoms with E-state index < -0.39 is 0 Å². The Morgan fingerprint density at radius 2 is 2.21 bits per heavy atom. The molecule has 0 radical (unpaired) electrons. The molecular formula is C15H21N3S. The molecule has 19 heavy (non-hydrogen) atoms. The van der Waals surface area contributed by atoms with Gasteiger partial charge >= 0.3 is 0 Å². The zero-order chi connectivity index (χ0) is 13.4. The zero-order valence-electron chi connectivity index (χ0n) is 11.9. The average molecular weight is 275 g/mol. The van der Waals surface area contributed by atoms with Gasteiger partial charge < -0.3 is 4.57 Å². The topological polar surface area (TPSA) is 21.1 Å². The van der Waals surface area contributed by atoms with Gasteiger partial charge in [-0.25, -0.2) is 4.98 Å². The summed E-state index contributed by atoms with van der Waals surface area (Å²) in [5, 5.41) is 0. The summed E-state index contributed by atoms with van der Waals surface area (Å²) in [5.41, 5.74) is 1.13. The molecular weight excluding hydrogens is 254 g/mol. The molecule has 3 nitrogen and oxygen atoms in total. The fourth-order valence-corrected chi connectivity index (χ4v) is 3.92. The molecule has 2 aromatic heterocycles. The van der Waals surface area contributed by atoms with Crippen molar-refractivity contribution < 1.29 is 0 Å². The van der Waals surface area contributed by atoms with Crippen molar-refractivity contribution in [3.8, 4) is 0 Å². The van der Waals surface area contributed by atoms with Crippen molar-refractivity contribution in [2.24, 2.45) is 7.05 Å². The summed E-state index contributed by atoms with van der Waals surface area (Å²) < 4.78 is 2.19. The number of thiophene rings is 1. The van der Waals surface area contributed by atoms with Gasteiger partial charge in [0, 0.05) is 42.0 Å². The largest absolute Gasteiger partial charge is 0.337 e. The van der Waals surface area contributed by atoms with Crippen LogP contribution >= 0.6 is 11.3 Å². The minimum absolute atomic E-state index is 0.597. The van der Waals surface area contributed by atoms with Crippen LogP contribution in [0.3, 0.4) is 0 Å². The monoisotopic (exact) mass is 275 g/mol. The van der Waals surface area contributed by atoms with Crippen molar-refractivity contribution in [1.82, 2.24) is 14.5 Å². The molecule has 0 saturated carbocycles. The lowest BCUT2D eigenvalue weighted by Gasteiger charge is -2.14. The van der Waals surface area contributed by atoms with E-state index in [4.69, 9.17) is 0 Å². The van der Waals surface area contributed by atoms with E-state index >= 15 is 0 Å². The molecule has 3 heterocycles. The SMILES string of the molecule is Cc1cn(C)c([C@@H]2CCN(Cc3ccc(C)s3)C2)n1. The molecule has 1 aliphatic heterocycles. The summed E-state index contributed by atoms with van der Waals surface area (Å²) in [6.45, 7) is 7.68. The second-order valence-corrected chi connectivity index (χ2v) is 6.96. The van der Waals surface area contributed by atoms with Gasteiger partial charge in [0.1, 0.15) is 5.82 Å². The summed E-state index contributed by atoms with van der Waals surface area (Å²) in [6.07, 6.45) is 3.36. The van der Waals surface area contributed by atoms with E-state index in [2.05, 4.69) is 53.7 Å². The van der Waals surface area contributed by atoms with Crippen LogP contribution in [0.15, 0.2) is 18.3 Å². The third kappa shape index (κ3) is 2.74. The lowest BCUT2D eigenvalue weighted by Crippen LogP contribution is -2.19. The fraction of sp³-hybridized carbons (Fsp3) is 0.533. The van der Waals surface area contributed by atoms with Gasteiger partial charge in [0.05, 0.1) is 5.69 Å². The van der Waals surface area contributed by atoms with Gasteiger partial charge in [-0.05, 0) is 38.9 Å². The molecule has 1 atom stereocenters.